The lowest BCUT2D eigenvalue weighted by molar-refractivity contribution is 0.378. The molecule has 0 bridgehead atoms. The Hall–Kier alpha value is -2.69. The van der Waals surface area contributed by atoms with Crippen molar-refractivity contribution in [3.8, 4) is 11.3 Å². The number of rotatable bonds is 2. The van der Waals surface area contributed by atoms with Crippen molar-refractivity contribution in [1.29, 1.82) is 0 Å². The first-order valence-electron chi connectivity index (χ1n) is 7.39. The Bertz CT molecular complexity index is 780. The van der Waals surface area contributed by atoms with Gasteiger partial charge in [0.2, 0.25) is 0 Å². The molecule has 2 aromatic heterocycles. The summed E-state index contributed by atoms with van der Waals surface area (Å²) in [7, 11) is 0. The summed E-state index contributed by atoms with van der Waals surface area (Å²) in [6.07, 6.45) is 0.838. The van der Waals surface area contributed by atoms with Gasteiger partial charge in [-0.3, -0.25) is 0 Å². The summed E-state index contributed by atoms with van der Waals surface area (Å²) in [6.45, 7) is 3.56. The molecule has 5 nitrogen and oxygen atoms in total. The number of benzene rings is 1. The number of anilines is 1. The van der Waals surface area contributed by atoms with Crippen molar-refractivity contribution in [2.75, 3.05) is 11.4 Å². The second kappa shape index (κ2) is 5.26. The minimum Gasteiger partial charge on any atom is -0.360 e. The summed E-state index contributed by atoms with van der Waals surface area (Å²) < 4.78 is 5.53. The zero-order valence-electron chi connectivity index (χ0n) is 12.4. The molecule has 0 atom stereocenters. The molecule has 0 spiro atoms. The van der Waals surface area contributed by atoms with Gasteiger partial charge in [0.15, 0.2) is 5.82 Å². The van der Waals surface area contributed by atoms with Gasteiger partial charge in [-0.15, -0.1) is 5.10 Å². The summed E-state index contributed by atoms with van der Waals surface area (Å²) in [6, 6.07) is 14.2. The molecule has 1 aromatic carbocycles. The summed E-state index contributed by atoms with van der Waals surface area (Å²) >= 11 is 0. The fourth-order valence-electron chi connectivity index (χ4n) is 2.79. The molecule has 22 heavy (non-hydrogen) atoms. The van der Waals surface area contributed by atoms with E-state index < -0.39 is 0 Å². The number of fused-ring (bicyclic) bond motifs is 1. The number of aromatic nitrogens is 3. The highest BCUT2D eigenvalue weighted by Crippen LogP contribution is 2.31. The molecule has 110 valence electrons. The van der Waals surface area contributed by atoms with Crippen molar-refractivity contribution in [3.05, 3.63) is 59.5 Å². The maximum Gasteiger partial charge on any atom is 0.151 e. The second-order valence-corrected chi connectivity index (χ2v) is 5.50. The van der Waals surface area contributed by atoms with Gasteiger partial charge in [-0.1, -0.05) is 35.5 Å². The smallest absolute Gasteiger partial charge is 0.151 e. The van der Waals surface area contributed by atoms with Gasteiger partial charge in [-0.25, -0.2) is 0 Å². The van der Waals surface area contributed by atoms with Crippen LogP contribution in [0.2, 0.25) is 0 Å². The summed E-state index contributed by atoms with van der Waals surface area (Å²) in [5, 5.41) is 12.7. The third-order valence-electron chi connectivity index (χ3n) is 3.98. The van der Waals surface area contributed by atoms with Gasteiger partial charge < -0.3 is 9.42 Å². The molecule has 0 aliphatic carbocycles. The van der Waals surface area contributed by atoms with E-state index in [1.807, 2.05) is 37.3 Å². The molecule has 1 aliphatic heterocycles. The van der Waals surface area contributed by atoms with Crippen molar-refractivity contribution in [1.82, 2.24) is 15.4 Å². The molecular formula is C17H16N4O. The molecule has 0 amide bonds. The van der Waals surface area contributed by atoms with E-state index in [9.17, 15) is 0 Å². The SMILES string of the molecule is Cc1ccc(N2CCc3onc(-c4ccccc4)c3C2)nn1. The van der Waals surface area contributed by atoms with Crippen LogP contribution in [0.4, 0.5) is 5.82 Å². The maximum absolute atomic E-state index is 5.53. The second-order valence-electron chi connectivity index (χ2n) is 5.50. The largest absolute Gasteiger partial charge is 0.360 e. The summed E-state index contributed by atoms with van der Waals surface area (Å²) in [5.41, 5.74) is 4.10. The zero-order valence-corrected chi connectivity index (χ0v) is 12.4. The van der Waals surface area contributed by atoms with Gasteiger partial charge in [-0.05, 0) is 19.1 Å². The summed E-state index contributed by atoms with van der Waals surface area (Å²) in [4.78, 5) is 2.22. The van der Waals surface area contributed by atoms with Gasteiger partial charge in [0.1, 0.15) is 11.5 Å². The first kappa shape index (κ1) is 13.0. The minimum absolute atomic E-state index is 0.751. The number of nitrogens with zero attached hydrogens (tertiary/aromatic N) is 4. The standard InChI is InChI=1S/C17H16N4O/c1-12-7-8-16(19-18-12)21-10-9-15-14(11-21)17(20-22-15)13-5-3-2-4-6-13/h2-8H,9-11H2,1H3. The van der Waals surface area contributed by atoms with E-state index in [1.165, 1.54) is 0 Å². The summed E-state index contributed by atoms with van der Waals surface area (Å²) in [5.74, 6) is 1.88. The van der Waals surface area contributed by atoms with Crippen LogP contribution in [0.25, 0.3) is 11.3 Å². The molecule has 0 saturated carbocycles. The molecule has 3 aromatic rings. The Morgan fingerprint density at radius 1 is 1.05 bits per heavy atom. The molecule has 5 heteroatoms. The quantitative estimate of drug-likeness (QED) is 0.726. The number of hydrogen-bond donors (Lipinski definition) is 0. The monoisotopic (exact) mass is 292 g/mol. The zero-order chi connectivity index (χ0) is 14.9. The van der Waals surface area contributed by atoms with Crippen LogP contribution >= 0.6 is 0 Å². The molecule has 0 fully saturated rings. The Labute approximate surface area is 128 Å². The average molecular weight is 292 g/mol. The lowest BCUT2D eigenvalue weighted by atomic mass is 10.0. The highest BCUT2D eigenvalue weighted by molar-refractivity contribution is 5.64. The van der Waals surface area contributed by atoms with Crippen molar-refractivity contribution in [2.45, 2.75) is 19.9 Å². The van der Waals surface area contributed by atoms with Crippen LogP contribution in [0, 0.1) is 6.92 Å². The molecular weight excluding hydrogens is 276 g/mol. The Balaban J connectivity index is 1.68. The average Bonchev–Trinajstić information content (AvgIpc) is 2.99. The van der Waals surface area contributed by atoms with Crippen LogP contribution < -0.4 is 4.90 Å². The van der Waals surface area contributed by atoms with Crippen molar-refractivity contribution < 1.29 is 4.52 Å². The fourth-order valence-corrected chi connectivity index (χ4v) is 2.79. The van der Waals surface area contributed by atoms with Gasteiger partial charge in [0.25, 0.3) is 0 Å². The van der Waals surface area contributed by atoms with Crippen molar-refractivity contribution in [3.63, 3.8) is 0 Å². The molecule has 4 rings (SSSR count). The van der Waals surface area contributed by atoms with Crippen LogP contribution in [0.5, 0.6) is 0 Å². The van der Waals surface area contributed by atoms with E-state index in [0.717, 1.165) is 53.6 Å². The van der Waals surface area contributed by atoms with E-state index in [1.54, 1.807) is 0 Å². The first-order chi connectivity index (χ1) is 10.8. The van der Waals surface area contributed by atoms with E-state index in [-0.39, 0.29) is 0 Å². The maximum atomic E-state index is 5.53. The fraction of sp³-hybridized carbons (Fsp3) is 0.235. The lowest BCUT2D eigenvalue weighted by Gasteiger charge is -2.26. The first-order valence-corrected chi connectivity index (χ1v) is 7.39. The molecule has 1 aliphatic rings. The Kier molecular flexibility index (Phi) is 3.11. The van der Waals surface area contributed by atoms with E-state index in [4.69, 9.17) is 4.52 Å². The third-order valence-corrected chi connectivity index (χ3v) is 3.98. The molecule has 0 unspecified atom stereocenters. The van der Waals surface area contributed by atoms with Gasteiger partial charge in [0, 0.05) is 24.1 Å². The van der Waals surface area contributed by atoms with Gasteiger partial charge in [0.05, 0.1) is 12.2 Å². The molecule has 0 saturated heterocycles. The lowest BCUT2D eigenvalue weighted by Crippen LogP contribution is -2.30. The number of aryl methyl sites for hydroxylation is 1. The predicted octanol–water partition coefficient (Wildman–Crippen LogP) is 3.00. The molecule has 3 heterocycles. The van der Waals surface area contributed by atoms with E-state index in [2.05, 4.69) is 32.4 Å². The van der Waals surface area contributed by atoms with Crippen LogP contribution in [0.15, 0.2) is 47.0 Å². The van der Waals surface area contributed by atoms with E-state index >= 15 is 0 Å². The molecule has 0 radical (unpaired) electrons. The predicted molar refractivity (Wildman–Crippen MR) is 83.5 cm³/mol. The Morgan fingerprint density at radius 3 is 2.68 bits per heavy atom. The van der Waals surface area contributed by atoms with Gasteiger partial charge >= 0.3 is 0 Å². The van der Waals surface area contributed by atoms with Gasteiger partial charge in [-0.2, -0.15) is 5.10 Å². The number of hydrogen-bond acceptors (Lipinski definition) is 5. The third kappa shape index (κ3) is 2.24. The van der Waals surface area contributed by atoms with Crippen LogP contribution in [0.1, 0.15) is 17.0 Å². The highest BCUT2D eigenvalue weighted by Gasteiger charge is 2.25. The highest BCUT2D eigenvalue weighted by atomic mass is 16.5. The van der Waals surface area contributed by atoms with Crippen LogP contribution in [-0.2, 0) is 13.0 Å². The minimum atomic E-state index is 0.751. The van der Waals surface area contributed by atoms with Crippen molar-refractivity contribution in [2.24, 2.45) is 0 Å². The Morgan fingerprint density at radius 2 is 1.91 bits per heavy atom. The van der Waals surface area contributed by atoms with Crippen molar-refractivity contribution >= 4 is 5.82 Å². The van der Waals surface area contributed by atoms with Crippen LogP contribution in [0.3, 0.4) is 0 Å². The van der Waals surface area contributed by atoms with E-state index in [0.29, 0.717) is 0 Å². The normalized spacial score (nSPS) is 14.0. The topological polar surface area (TPSA) is 55.1 Å². The van der Waals surface area contributed by atoms with Crippen LogP contribution in [-0.4, -0.2) is 21.9 Å². The molecule has 0 N–H and O–H groups in total.